The number of amides is 1. The lowest BCUT2D eigenvalue weighted by atomic mass is 10.1. The molecule has 0 aromatic carbocycles. The number of hydrogen-bond donors (Lipinski definition) is 0. The van der Waals surface area contributed by atoms with E-state index in [9.17, 15) is 4.79 Å². The molecule has 1 aliphatic heterocycles. The van der Waals surface area contributed by atoms with E-state index in [1.165, 1.54) is 12.4 Å². The summed E-state index contributed by atoms with van der Waals surface area (Å²) < 4.78 is 5.09. The molecule has 1 amide bonds. The van der Waals surface area contributed by atoms with Crippen LogP contribution in [0.15, 0.2) is 24.7 Å². The van der Waals surface area contributed by atoms with Crippen molar-refractivity contribution in [1.29, 1.82) is 5.26 Å². The number of rotatable bonds is 3. The monoisotopic (exact) mass is 376 g/mol. The molecular weight excluding hydrogens is 356 g/mol. The summed E-state index contributed by atoms with van der Waals surface area (Å²) in [5.74, 6) is 0.620. The molecule has 0 atom stereocenters. The van der Waals surface area contributed by atoms with Crippen molar-refractivity contribution in [3.8, 4) is 6.07 Å². The Kier molecular flexibility index (Phi) is 4.89. The summed E-state index contributed by atoms with van der Waals surface area (Å²) in [6, 6.07) is 4.04. The van der Waals surface area contributed by atoms with Crippen LogP contribution in [-0.2, 0) is 11.2 Å². The van der Waals surface area contributed by atoms with Gasteiger partial charge in [-0.2, -0.15) is 5.26 Å². The van der Waals surface area contributed by atoms with Crippen LogP contribution in [0.2, 0.25) is 0 Å². The van der Waals surface area contributed by atoms with Crippen LogP contribution < -0.4 is 4.90 Å². The van der Waals surface area contributed by atoms with E-state index in [4.69, 9.17) is 10.00 Å². The molecule has 3 heterocycles. The maximum atomic E-state index is 11.9. The molecule has 0 bridgehead atoms. The van der Waals surface area contributed by atoms with Crippen molar-refractivity contribution in [2.24, 2.45) is 0 Å². The maximum absolute atomic E-state index is 11.9. The molecule has 1 saturated heterocycles. The minimum Gasteiger partial charge on any atom is -0.450 e. The summed E-state index contributed by atoms with van der Waals surface area (Å²) in [7, 11) is 0. The van der Waals surface area contributed by atoms with Gasteiger partial charge in [-0.1, -0.05) is 0 Å². The van der Waals surface area contributed by atoms with Crippen LogP contribution >= 0.6 is 0 Å². The zero-order chi connectivity index (χ0) is 19.5. The molecule has 28 heavy (non-hydrogen) atoms. The lowest BCUT2D eigenvalue weighted by Gasteiger charge is -2.36. The zero-order valence-electron chi connectivity index (χ0n) is 15.6. The number of carbonyl (C=O) groups excluding carboxylic acids is 1. The van der Waals surface area contributed by atoms with E-state index in [-0.39, 0.29) is 6.09 Å². The number of pyridine rings is 1. The molecule has 4 rings (SSSR count). The third-order valence-corrected chi connectivity index (χ3v) is 4.94. The number of ether oxygens (including phenoxy) is 1. The van der Waals surface area contributed by atoms with E-state index >= 15 is 0 Å². The fraction of sp³-hybridized carbons (Fsp3) is 0.350. The van der Waals surface area contributed by atoms with E-state index in [1.54, 1.807) is 4.90 Å². The number of piperazine rings is 1. The number of aromatic nitrogens is 3. The van der Waals surface area contributed by atoms with Gasteiger partial charge in [-0.05, 0) is 19.1 Å². The van der Waals surface area contributed by atoms with E-state index in [0.717, 1.165) is 35.6 Å². The van der Waals surface area contributed by atoms with Crippen LogP contribution in [0.1, 0.15) is 29.6 Å². The first-order valence-corrected chi connectivity index (χ1v) is 9.27. The molecule has 1 fully saturated rings. The van der Waals surface area contributed by atoms with Crippen molar-refractivity contribution in [2.45, 2.75) is 13.3 Å². The summed E-state index contributed by atoms with van der Waals surface area (Å²) in [6.07, 6.45) is 7.39. The fourth-order valence-corrected chi connectivity index (χ4v) is 3.52. The largest absolute Gasteiger partial charge is 0.450 e. The molecule has 1 aliphatic carbocycles. The molecule has 0 radical (unpaired) electrons. The Hall–Kier alpha value is -3.47. The summed E-state index contributed by atoms with van der Waals surface area (Å²) in [4.78, 5) is 29.0. The van der Waals surface area contributed by atoms with Gasteiger partial charge in [0.05, 0.1) is 17.9 Å². The number of nitriles is 1. The van der Waals surface area contributed by atoms with Gasteiger partial charge in [-0.15, -0.1) is 0 Å². The Balaban J connectivity index is 1.53. The lowest BCUT2D eigenvalue weighted by Crippen LogP contribution is -2.49. The van der Waals surface area contributed by atoms with E-state index in [2.05, 4.69) is 25.9 Å². The highest BCUT2D eigenvalue weighted by atomic mass is 16.6. The first kappa shape index (κ1) is 17.9. The summed E-state index contributed by atoms with van der Waals surface area (Å²) in [5.41, 5.74) is 4.61. The third kappa shape index (κ3) is 3.39. The molecule has 142 valence electrons. The van der Waals surface area contributed by atoms with Gasteiger partial charge < -0.3 is 14.5 Å². The molecule has 8 heteroatoms. The smallest absolute Gasteiger partial charge is 0.409 e. The van der Waals surface area contributed by atoms with Gasteiger partial charge in [-0.25, -0.2) is 14.8 Å². The Labute approximate surface area is 163 Å². The molecule has 0 unspecified atom stereocenters. The average Bonchev–Trinajstić information content (AvgIpc) is 3.18. The Morgan fingerprint density at radius 1 is 1.21 bits per heavy atom. The standard InChI is InChI=1S/C20H20N6O2/c1-2-28-20(27)26-7-5-25(6-8-26)18-3-4-22-17-10-15(9-16(17)18)19-23-12-14(11-21)13-24-19/h3-4,9,12-13H,2,5-8,10H2,1H3. The first-order chi connectivity index (χ1) is 13.7. The maximum Gasteiger partial charge on any atom is 0.409 e. The number of hydrogen-bond acceptors (Lipinski definition) is 7. The van der Waals surface area contributed by atoms with E-state index in [0.29, 0.717) is 37.5 Å². The molecule has 8 nitrogen and oxygen atoms in total. The second-order valence-electron chi connectivity index (χ2n) is 6.62. The van der Waals surface area contributed by atoms with Gasteiger partial charge in [0.2, 0.25) is 0 Å². The number of fused-ring (bicyclic) bond motifs is 1. The topological polar surface area (TPSA) is 95.2 Å². The minimum absolute atomic E-state index is 0.248. The Morgan fingerprint density at radius 3 is 2.64 bits per heavy atom. The quantitative estimate of drug-likeness (QED) is 0.809. The summed E-state index contributed by atoms with van der Waals surface area (Å²) >= 11 is 0. The van der Waals surface area contributed by atoms with E-state index in [1.807, 2.05) is 25.3 Å². The average molecular weight is 376 g/mol. The number of nitrogens with zero attached hydrogens (tertiary/aromatic N) is 6. The van der Waals surface area contributed by atoms with Crippen LogP contribution in [0.4, 0.5) is 10.5 Å². The van der Waals surface area contributed by atoms with Crippen molar-refractivity contribution in [3.63, 3.8) is 0 Å². The highest BCUT2D eigenvalue weighted by molar-refractivity contribution is 5.90. The number of carbonyl (C=O) groups is 1. The molecule has 2 aliphatic rings. The van der Waals surface area contributed by atoms with Crippen LogP contribution in [0.25, 0.3) is 11.6 Å². The lowest BCUT2D eigenvalue weighted by molar-refractivity contribution is 0.105. The van der Waals surface area contributed by atoms with Crippen molar-refractivity contribution in [1.82, 2.24) is 19.9 Å². The van der Waals surface area contributed by atoms with Crippen molar-refractivity contribution in [3.05, 3.63) is 47.3 Å². The van der Waals surface area contributed by atoms with Crippen molar-refractivity contribution in [2.75, 3.05) is 37.7 Å². The Bertz CT molecular complexity index is 956. The molecule has 2 aromatic rings. The minimum atomic E-state index is -0.248. The molecule has 0 saturated carbocycles. The zero-order valence-corrected chi connectivity index (χ0v) is 15.6. The van der Waals surface area contributed by atoms with Crippen LogP contribution in [0.5, 0.6) is 0 Å². The van der Waals surface area contributed by atoms with Crippen LogP contribution in [0.3, 0.4) is 0 Å². The second kappa shape index (κ2) is 7.64. The first-order valence-electron chi connectivity index (χ1n) is 9.27. The summed E-state index contributed by atoms with van der Waals surface area (Å²) in [6.45, 7) is 4.95. The molecule has 2 aromatic heterocycles. The molecule has 0 spiro atoms. The fourth-order valence-electron chi connectivity index (χ4n) is 3.52. The second-order valence-corrected chi connectivity index (χ2v) is 6.62. The van der Waals surface area contributed by atoms with Gasteiger partial charge in [0.1, 0.15) is 6.07 Å². The molecular formula is C20H20N6O2. The predicted molar refractivity (Wildman–Crippen MR) is 103 cm³/mol. The number of allylic oxidation sites excluding steroid dienone is 1. The van der Waals surface area contributed by atoms with Gasteiger partial charge in [0.25, 0.3) is 0 Å². The van der Waals surface area contributed by atoms with Crippen LogP contribution in [0, 0.1) is 11.3 Å². The summed E-state index contributed by atoms with van der Waals surface area (Å²) in [5, 5.41) is 8.91. The Morgan fingerprint density at radius 2 is 1.96 bits per heavy atom. The van der Waals surface area contributed by atoms with Crippen molar-refractivity contribution < 1.29 is 9.53 Å². The predicted octanol–water partition coefficient (Wildman–Crippen LogP) is 2.12. The number of anilines is 1. The van der Waals surface area contributed by atoms with E-state index < -0.39 is 0 Å². The SMILES string of the molecule is CCOC(=O)N1CCN(c2ccnc3c2C=C(c2ncc(C#N)cn2)C3)CC1. The van der Waals surface area contributed by atoms with Gasteiger partial charge >= 0.3 is 6.09 Å². The molecule has 0 N–H and O–H groups in total. The van der Waals surface area contributed by atoms with Crippen molar-refractivity contribution >= 4 is 23.4 Å². The normalized spacial score (nSPS) is 15.6. The highest BCUT2D eigenvalue weighted by Crippen LogP contribution is 2.35. The van der Waals surface area contributed by atoms with Gasteiger partial charge in [-0.3, -0.25) is 4.98 Å². The highest BCUT2D eigenvalue weighted by Gasteiger charge is 2.26. The van der Waals surface area contributed by atoms with Crippen LogP contribution in [-0.4, -0.2) is 58.7 Å². The third-order valence-electron chi connectivity index (χ3n) is 4.94. The van der Waals surface area contributed by atoms with Gasteiger partial charge in [0.15, 0.2) is 5.82 Å². The van der Waals surface area contributed by atoms with Gasteiger partial charge in [0, 0.05) is 68.0 Å².